The molecule has 0 radical (unpaired) electrons. The van der Waals surface area contributed by atoms with Crippen molar-refractivity contribution < 1.29 is 0 Å². The zero-order valence-corrected chi connectivity index (χ0v) is 15.3. The summed E-state index contributed by atoms with van der Waals surface area (Å²) in [6.07, 6.45) is 2.04. The summed E-state index contributed by atoms with van der Waals surface area (Å²) in [5.74, 6) is 2.36. The van der Waals surface area contributed by atoms with E-state index in [-0.39, 0.29) is 0 Å². The van der Waals surface area contributed by atoms with Crippen molar-refractivity contribution in [2.45, 2.75) is 33.6 Å². The van der Waals surface area contributed by atoms with E-state index in [0.717, 1.165) is 38.6 Å². The zero-order chi connectivity index (χ0) is 14.7. The first-order valence-corrected chi connectivity index (χ1v) is 8.77. The number of thiophene rings is 1. The van der Waals surface area contributed by atoms with Crippen molar-refractivity contribution in [1.29, 1.82) is 0 Å². The Balaban J connectivity index is 2.47. The van der Waals surface area contributed by atoms with Crippen LogP contribution in [0, 0.1) is 9.49 Å². The van der Waals surface area contributed by atoms with Gasteiger partial charge in [0.1, 0.15) is 5.82 Å². The van der Waals surface area contributed by atoms with Crippen LogP contribution in [0.15, 0.2) is 12.1 Å². The zero-order valence-electron chi connectivity index (χ0n) is 12.3. The van der Waals surface area contributed by atoms with Gasteiger partial charge in [0.2, 0.25) is 0 Å². The highest BCUT2D eigenvalue weighted by Crippen LogP contribution is 2.29. The van der Waals surface area contributed by atoms with Crippen molar-refractivity contribution in [2.24, 2.45) is 5.92 Å². The first-order valence-electron chi connectivity index (χ1n) is 6.88. The number of hydrogen-bond acceptors (Lipinski definition) is 4. The molecule has 2 aromatic rings. The molecule has 0 saturated heterocycles. The fourth-order valence-electron chi connectivity index (χ4n) is 1.98. The van der Waals surface area contributed by atoms with Gasteiger partial charge in [0.25, 0.3) is 0 Å². The SMILES string of the molecule is CCc1ccc(-c2nc(CC(C)C)c(I)c(NC)n2)s1. The van der Waals surface area contributed by atoms with Gasteiger partial charge < -0.3 is 5.32 Å². The molecular weight excluding hydrogens is 381 g/mol. The molecule has 0 fully saturated rings. The van der Waals surface area contributed by atoms with Crippen LogP contribution in [0.1, 0.15) is 31.3 Å². The average Bonchev–Trinajstić information content (AvgIpc) is 2.89. The summed E-state index contributed by atoms with van der Waals surface area (Å²) in [6.45, 7) is 6.61. The molecule has 0 spiro atoms. The Kier molecular flexibility index (Phi) is 5.37. The summed E-state index contributed by atoms with van der Waals surface area (Å²) < 4.78 is 1.13. The molecule has 3 nitrogen and oxygen atoms in total. The molecular formula is C15H20IN3S. The Morgan fingerprint density at radius 3 is 2.60 bits per heavy atom. The van der Waals surface area contributed by atoms with Crippen molar-refractivity contribution in [3.05, 3.63) is 26.3 Å². The largest absolute Gasteiger partial charge is 0.372 e. The third kappa shape index (κ3) is 3.49. The Morgan fingerprint density at radius 2 is 2.05 bits per heavy atom. The standard InChI is InChI=1S/C15H20IN3S/c1-5-10-6-7-12(20-10)14-18-11(8-9(2)3)13(16)15(17-4)19-14/h6-7,9H,5,8H2,1-4H3,(H,17,18,19). The lowest BCUT2D eigenvalue weighted by molar-refractivity contribution is 0.632. The first-order chi connectivity index (χ1) is 9.55. The van der Waals surface area contributed by atoms with Gasteiger partial charge in [-0.15, -0.1) is 11.3 Å². The summed E-state index contributed by atoms with van der Waals surface area (Å²) in [4.78, 5) is 12.0. The van der Waals surface area contributed by atoms with Gasteiger partial charge in [-0.2, -0.15) is 0 Å². The van der Waals surface area contributed by atoms with Gasteiger partial charge in [0.05, 0.1) is 14.1 Å². The van der Waals surface area contributed by atoms with Crippen LogP contribution in [-0.2, 0) is 12.8 Å². The molecule has 0 bridgehead atoms. The lowest BCUT2D eigenvalue weighted by atomic mass is 10.1. The summed E-state index contributed by atoms with van der Waals surface area (Å²) >= 11 is 4.12. The Labute approximate surface area is 138 Å². The van der Waals surface area contributed by atoms with E-state index in [2.05, 4.69) is 65.8 Å². The maximum absolute atomic E-state index is 4.79. The number of rotatable bonds is 5. The highest BCUT2D eigenvalue weighted by atomic mass is 127. The maximum Gasteiger partial charge on any atom is 0.171 e. The molecule has 0 aliphatic carbocycles. The van der Waals surface area contributed by atoms with Crippen LogP contribution in [0.4, 0.5) is 5.82 Å². The molecule has 0 unspecified atom stereocenters. The Hall–Kier alpha value is -0.690. The monoisotopic (exact) mass is 401 g/mol. The summed E-state index contributed by atoms with van der Waals surface area (Å²) in [5.41, 5.74) is 1.14. The molecule has 5 heteroatoms. The van der Waals surface area contributed by atoms with Gasteiger partial charge in [0, 0.05) is 11.9 Å². The van der Waals surface area contributed by atoms with Gasteiger partial charge in [-0.1, -0.05) is 20.8 Å². The summed E-state index contributed by atoms with van der Waals surface area (Å²) in [6, 6.07) is 4.30. The number of nitrogens with zero attached hydrogens (tertiary/aromatic N) is 2. The molecule has 0 atom stereocenters. The van der Waals surface area contributed by atoms with E-state index in [1.54, 1.807) is 11.3 Å². The molecule has 0 aliphatic heterocycles. The summed E-state index contributed by atoms with van der Waals surface area (Å²) in [5, 5.41) is 3.19. The molecule has 0 saturated carbocycles. The van der Waals surface area contributed by atoms with Crippen LogP contribution in [0.3, 0.4) is 0 Å². The van der Waals surface area contributed by atoms with Crippen molar-refractivity contribution >= 4 is 39.7 Å². The molecule has 0 aromatic carbocycles. The Bertz CT molecular complexity index is 593. The minimum atomic E-state index is 0.588. The van der Waals surface area contributed by atoms with Crippen LogP contribution in [-0.4, -0.2) is 17.0 Å². The molecule has 20 heavy (non-hydrogen) atoms. The lowest BCUT2D eigenvalue weighted by Gasteiger charge is -2.12. The number of aryl methyl sites for hydroxylation is 1. The van der Waals surface area contributed by atoms with Gasteiger partial charge >= 0.3 is 0 Å². The Morgan fingerprint density at radius 1 is 1.30 bits per heavy atom. The molecule has 2 aromatic heterocycles. The minimum absolute atomic E-state index is 0.588. The third-order valence-corrected chi connectivity index (χ3v) is 5.35. The third-order valence-electron chi connectivity index (χ3n) is 2.99. The molecule has 0 amide bonds. The average molecular weight is 401 g/mol. The van der Waals surface area contributed by atoms with Crippen LogP contribution < -0.4 is 5.32 Å². The minimum Gasteiger partial charge on any atom is -0.372 e. The van der Waals surface area contributed by atoms with Crippen LogP contribution in [0.2, 0.25) is 0 Å². The first kappa shape index (κ1) is 15.7. The van der Waals surface area contributed by atoms with Crippen molar-refractivity contribution in [1.82, 2.24) is 9.97 Å². The van der Waals surface area contributed by atoms with Crippen molar-refractivity contribution in [3.63, 3.8) is 0 Å². The van der Waals surface area contributed by atoms with E-state index in [1.807, 2.05) is 7.05 Å². The molecule has 1 N–H and O–H groups in total. The number of nitrogens with one attached hydrogen (secondary N) is 1. The fraction of sp³-hybridized carbons (Fsp3) is 0.467. The van der Waals surface area contributed by atoms with E-state index >= 15 is 0 Å². The smallest absolute Gasteiger partial charge is 0.171 e. The van der Waals surface area contributed by atoms with Crippen LogP contribution in [0.25, 0.3) is 10.7 Å². The highest BCUT2D eigenvalue weighted by molar-refractivity contribution is 14.1. The van der Waals surface area contributed by atoms with Gasteiger partial charge in [-0.05, 0) is 53.5 Å². The van der Waals surface area contributed by atoms with Crippen LogP contribution >= 0.6 is 33.9 Å². The van der Waals surface area contributed by atoms with Crippen molar-refractivity contribution in [3.8, 4) is 10.7 Å². The topological polar surface area (TPSA) is 37.8 Å². The second kappa shape index (κ2) is 6.85. The second-order valence-electron chi connectivity index (χ2n) is 5.12. The van der Waals surface area contributed by atoms with E-state index in [1.165, 1.54) is 4.88 Å². The number of anilines is 1. The van der Waals surface area contributed by atoms with E-state index < -0.39 is 0 Å². The van der Waals surface area contributed by atoms with Gasteiger partial charge in [-0.25, -0.2) is 9.97 Å². The fourth-order valence-corrected chi connectivity index (χ4v) is 3.59. The second-order valence-corrected chi connectivity index (χ2v) is 7.37. The number of aromatic nitrogens is 2. The van der Waals surface area contributed by atoms with Gasteiger partial charge in [-0.3, -0.25) is 0 Å². The molecule has 108 valence electrons. The lowest BCUT2D eigenvalue weighted by Crippen LogP contribution is -2.07. The predicted octanol–water partition coefficient (Wildman–Crippen LogP) is 4.61. The normalized spacial score (nSPS) is 11.1. The maximum atomic E-state index is 4.79. The van der Waals surface area contributed by atoms with Gasteiger partial charge in [0.15, 0.2) is 5.82 Å². The quantitative estimate of drug-likeness (QED) is 0.744. The van der Waals surface area contributed by atoms with Crippen LogP contribution in [0.5, 0.6) is 0 Å². The molecule has 0 aliphatic rings. The van der Waals surface area contributed by atoms with E-state index in [4.69, 9.17) is 4.98 Å². The van der Waals surface area contributed by atoms with Crippen molar-refractivity contribution in [2.75, 3.05) is 12.4 Å². The number of halogens is 1. The molecule has 2 rings (SSSR count). The predicted molar refractivity (Wildman–Crippen MR) is 95.5 cm³/mol. The van der Waals surface area contributed by atoms with E-state index in [9.17, 15) is 0 Å². The molecule has 2 heterocycles. The summed E-state index contributed by atoms with van der Waals surface area (Å²) in [7, 11) is 1.92. The highest BCUT2D eigenvalue weighted by Gasteiger charge is 2.14. The number of hydrogen-bond donors (Lipinski definition) is 1. The van der Waals surface area contributed by atoms with E-state index in [0.29, 0.717) is 5.92 Å².